The zero-order valence-electron chi connectivity index (χ0n) is 10.7. The Morgan fingerprint density at radius 3 is 2.74 bits per heavy atom. The summed E-state index contributed by atoms with van der Waals surface area (Å²) in [4.78, 5) is 11.8. The summed E-state index contributed by atoms with van der Waals surface area (Å²) in [6.45, 7) is 2.75. The maximum Gasteiger partial charge on any atom is 0.251 e. The number of aliphatic hydroxyl groups excluding tert-OH is 1. The molecule has 0 aliphatic rings. The van der Waals surface area contributed by atoms with Crippen molar-refractivity contribution in [2.75, 3.05) is 19.8 Å². The van der Waals surface area contributed by atoms with E-state index >= 15 is 0 Å². The molecule has 1 aromatic carbocycles. The molecule has 106 valence electrons. The van der Waals surface area contributed by atoms with Gasteiger partial charge in [-0.25, -0.2) is 0 Å². The van der Waals surface area contributed by atoms with E-state index in [4.69, 9.17) is 33.0 Å². The van der Waals surface area contributed by atoms with Gasteiger partial charge >= 0.3 is 0 Å². The zero-order valence-corrected chi connectivity index (χ0v) is 12.2. The lowest BCUT2D eigenvalue weighted by atomic mass is 10.2. The summed E-state index contributed by atoms with van der Waals surface area (Å²) in [5.74, 6) is -0.230. The van der Waals surface area contributed by atoms with Crippen LogP contribution >= 0.6 is 23.2 Å². The lowest BCUT2D eigenvalue weighted by molar-refractivity contribution is 0.0154. The predicted octanol–water partition coefficient (Wildman–Crippen LogP) is 2.51. The summed E-state index contributed by atoms with van der Waals surface area (Å²) in [5.41, 5.74) is 0.450. The molecule has 0 aliphatic carbocycles. The van der Waals surface area contributed by atoms with Crippen molar-refractivity contribution in [2.24, 2.45) is 0 Å². The third-order valence-electron chi connectivity index (χ3n) is 2.54. The summed E-state index contributed by atoms with van der Waals surface area (Å²) in [6, 6.07) is 4.70. The van der Waals surface area contributed by atoms with E-state index in [0.717, 1.165) is 0 Å². The Kier molecular flexibility index (Phi) is 7.16. The van der Waals surface area contributed by atoms with Crippen molar-refractivity contribution in [1.29, 1.82) is 0 Å². The van der Waals surface area contributed by atoms with Gasteiger partial charge in [0, 0.05) is 18.7 Å². The summed E-state index contributed by atoms with van der Waals surface area (Å²) in [5, 5.41) is 12.5. The molecule has 1 atom stereocenters. The molecular weight excluding hydrogens is 289 g/mol. The molecule has 0 heterocycles. The van der Waals surface area contributed by atoms with E-state index < -0.39 is 0 Å². The van der Waals surface area contributed by atoms with E-state index in [9.17, 15) is 4.79 Å². The van der Waals surface area contributed by atoms with Gasteiger partial charge in [0.15, 0.2) is 0 Å². The lowest BCUT2D eigenvalue weighted by Crippen LogP contribution is -2.29. The lowest BCUT2D eigenvalue weighted by Gasteiger charge is -2.14. The highest BCUT2D eigenvalue weighted by molar-refractivity contribution is 6.42. The van der Waals surface area contributed by atoms with E-state index in [1.807, 2.05) is 6.92 Å². The van der Waals surface area contributed by atoms with Gasteiger partial charge in [0.1, 0.15) is 0 Å². The second kappa shape index (κ2) is 8.38. The van der Waals surface area contributed by atoms with Gasteiger partial charge in [-0.2, -0.15) is 0 Å². The number of rotatable bonds is 7. The van der Waals surface area contributed by atoms with Crippen LogP contribution in [-0.4, -0.2) is 36.9 Å². The Hall–Kier alpha value is -0.810. The molecule has 4 nitrogen and oxygen atoms in total. The first-order valence-electron chi connectivity index (χ1n) is 6.04. The van der Waals surface area contributed by atoms with Gasteiger partial charge in [-0.15, -0.1) is 0 Å². The fourth-order valence-electron chi connectivity index (χ4n) is 1.55. The van der Waals surface area contributed by atoms with E-state index in [2.05, 4.69) is 5.32 Å². The fraction of sp³-hybridized carbons (Fsp3) is 0.462. The van der Waals surface area contributed by atoms with Crippen molar-refractivity contribution in [3.63, 3.8) is 0 Å². The first-order valence-corrected chi connectivity index (χ1v) is 6.79. The Morgan fingerprint density at radius 2 is 2.16 bits per heavy atom. The quantitative estimate of drug-likeness (QED) is 0.814. The Labute approximate surface area is 122 Å². The summed E-state index contributed by atoms with van der Waals surface area (Å²) >= 11 is 11.6. The van der Waals surface area contributed by atoms with Crippen LogP contribution in [0, 0.1) is 0 Å². The number of nitrogens with one attached hydrogen (secondary N) is 1. The highest BCUT2D eigenvalue weighted by Crippen LogP contribution is 2.22. The largest absolute Gasteiger partial charge is 0.394 e. The van der Waals surface area contributed by atoms with Crippen LogP contribution in [0.15, 0.2) is 18.2 Å². The van der Waals surface area contributed by atoms with Gasteiger partial charge in [-0.1, -0.05) is 23.2 Å². The second-order valence-electron chi connectivity index (χ2n) is 3.93. The molecule has 2 N–H and O–H groups in total. The van der Waals surface area contributed by atoms with E-state index in [1.54, 1.807) is 12.1 Å². The van der Waals surface area contributed by atoms with Crippen molar-refractivity contribution < 1.29 is 14.6 Å². The first-order chi connectivity index (χ1) is 9.08. The molecule has 0 spiro atoms. The van der Waals surface area contributed by atoms with Gasteiger partial charge in [-0.05, 0) is 31.5 Å². The van der Waals surface area contributed by atoms with Crippen LogP contribution in [0.1, 0.15) is 23.7 Å². The molecule has 0 unspecified atom stereocenters. The third-order valence-corrected chi connectivity index (χ3v) is 3.28. The molecule has 0 aromatic heterocycles. The Morgan fingerprint density at radius 1 is 1.42 bits per heavy atom. The Balaban J connectivity index is 2.44. The molecule has 6 heteroatoms. The maximum atomic E-state index is 11.8. The number of halogens is 2. The standard InChI is InChI=1S/C13H17Cl2NO3/c1-2-19-10(8-17)5-6-16-13(18)9-3-4-11(14)12(15)7-9/h3-4,7,10,17H,2,5-6,8H2,1H3,(H,16,18)/t10-/m0/s1. The smallest absolute Gasteiger partial charge is 0.251 e. The molecule has 0 saturated carbocycles. The summed E-state index contributed by atoms with van der Waals surface area (Å²) < 4.78 is 5.27. The van der Waals surface area contributed by atoms with Gasteiger partial charge in [0.25, 0.3) is 5.91 Å². The van der Waals surface area contributed by atoms with Crippen molar-refractivity contribution >= 4 is 29.1 Å². The minimum absolute atomic E-state index is 0.0590. The van der Waals surface area contributed by atoms with Crippen molar-refractivity contribution in [3.05, 3.63) is 33.8 Å². The topological polar surface area (TPSA) is 58.6 Å². The first kappa shape index (κ1) is 16.2. The summed E-state index contributed by atoms with van der Waals surface area (Å²) in [7, 11) is 0. The molecule has 19 heavy (non-hydrogen) atoms. The SMILES string of the molecule is CCO[C@H](CO)CCNC(=O)c1ccc(Cl)c(Cl)c1. The van der Waals surface area contributed by atoms with Gasteiger partial charge in [0.05, 0.1) is 22.8 Å². The molecule has 1 amide bonds. The van der Waals surface area contributed by atoms with Crippen LogP contribution in [-0.2, 0) is 4.74 Å². The van der Waals surface area contributed by atoms with Crippen LogP contribution in [0.25, 0.3) is 0 Å². The van der Waals surface area contributed by atoms with Crippen molar-refractivity contribution in [2.45, 2.75) is 19.4 Å². The van der Waals surface area contributed by atoms with Gasteiger partial charge in [0.2, 0.25) is 0 Å². The zero-order chi connectivity index (χ0) is 14.3. The highest BCUT2D eigenvalue weighted by Gasteiger charge is 2.10. The molecule has 0 fully saturated rings. The third kappa shape index (κ3) is 5.37. The molecule has 0 radical (unpaired) electrons. The highest BCUT2D eigenvalue weighted by atomic mass is 35.5. The molecular formula is C13H17Cl2NO3. The number of benzene rings is 1. The van der Waals surface area contributed by atoms with Crippen LogP contribution in [0.5, 0.6) is 0 Å². The Bertz CT molecular complexity index is 426. The van der Waals surface area contributed by atoms with Crippen molar-refractivity contribution in [1.82, 2.24) is 5.32 Å². The number of carbonyl (C=O) groups is 1. The number of aliphatic hydroxyl groups is 1. The maximum absolute atomic E-state index is 11.8. The van der Waals surface area contributed by atoms with Crippen molar-refractivity contribution in [3.8, 4) is 0 Å². The van der Waals surface area contributed by atoms with Gasteiger partial charge in [-0.3, -0.25) is 4.79 Å². The van der Waals surface area contributed by atoms with Gasteiger partial charge < -0.3 is 15.2 Å². The number of carbonyl (C=O) groups excluding carboxylic acids is 1. The van der Waals surface area contributed by atoms with Crippen LogP contribution in [0.4, 0.5) is 0 Å². The van der Waals surface area contributed by atoms with Crippen LogP contribution < -0.4 is 5.32 Å². The number of hydrogen-bond donors (Lipinski definition) is 2. The molecule has 0 aliphatic heterocycles. The predicted molar refractivity (Wildman–Crippen MR) is 75.9 cm³/mol. The van der Waals surface area contributed by atoms with E-state index in [1.165, 1.54) is 6.07 Å². The van der Waals surface area contributed by atoms with Crippen LogP contribution in [0.2, 0.25) is 10.0 Å². The molecule has 0 bridgehead atoms. The number of amides is 1. The average Bonchev–Trinajstić information content (AvgIpc) is 2.40. The minimum atomic E-state index is -0.251. The molecule has 0 saturated heterocycles. The fourth-order valence-corrected chi connectivity index (χ4v) is 1.85. The van der Waals surface area contributed by atoms with E-state index in [0.29, 0.717) is 35.2 Å². The molecule has 1 aromatic rings. The number of ether oxygens (including phenoxy) is 1. The summed E-state index contributed by atoms with van der Waals surface area (Å²) in [6.07, 6.45) is 0.302. The van der Waals surface area contributed by atoms with Crippen LogP contribution in [0.3, 0.4) is 0 Å². The normalized spacial score (nSPS) is 12.2. The molecule has 1 rings (SSSR count). The second-order valence-corrected chi connectivity index (χ2v) is 4.75. The monoisotopic (exact) mass is 305 g/mol. The van der Waals surface area contributed by atoms with E-state index in [-0.39, 0.29) is 18.6 Å². The average molecular weight is 306 g/mol. The minimum Gasteiger partial charge on any atom is -0.394 e. The number of hydrogen-bond acceptors (Lipinski definition) is 3.